The fourth-order valence-corrected chi connectivity index (χ4v) is 5.36. The highest BCUT2D eigenvalue weighted by Gasteiger charge is 2.42. The van der Waals surface area contributed by atoms with Crippen LogP contribution in [0, 0.1) is 15.5 Å². The summed E-state index contributed by atoms with van der Waals surface area (Å²) in [6.45, 7) is 4.12. The summed E-state index contributed by atoms with van der Waals surface area (Å²) in [4.78, 5) is 24.8. The van der Waals surface area contributed by atoms with E-state index in [2.05, 4.69) is 41.2 Å². The van der Waals surface area contributed by atoms with Gasteiger partial charge in [0.25, 0.3) is 5.69 Å². The van der Waals surface area contributed by atoms with Crippen LogP contribution in [-0.2, 0) is 4.79 Å². The number of carbonyl (C=O) groups is 1. The maximum Gasteiger partial charge on any atom is 0.269 e. The van der Waals surface area contributed by atoms with Gasteiger partial charge in [0.1, 0.15) is 0 Å². The smallest absolute Gasteiger partial charge is 0.269 e. The molecule has 5 nitrogen and oxygen atoms in total. The van der Waals surface area contributed by atoms with Gasteiger partial charge in [-0.2, -0.15) is 0 Å². The van der Waals surface area contributed by atoms with Crippen LogP contribution in [0.25, 0.3) is 11.8 Å². The van der Waals surface area contributed by atoms with E-state index in [1.807, 2.05) is 54.6 Å². The number of halogens is 2. The summed E-state index contributed by atoms with van der Waals surface area (Å²) in [7, 11) is 0. The first-order valence-corrected chi connectivity index (χ1v) is 13.0. The summed E-state index contributed by atoms with van der Waals surface area (Å²) in [6.07, 6.45) is 4.61. The van der Waals surface area contributed by atoms with Gasteiger partial charge < -0.3 is 5.32 Å². The molecule has 7 heteroatoms. The molecular weight excluding hydrogens is 552 g/mol. The quantitative estimate of drug-likeness (QED) is 0.194. The third-order valence-electron chi connectivity index (χ3n) is 6.89. The van der Waals surface area contributed by atoms with Gasteiger partial charge in [0.2, 0.25) is 0 Å². The number of ketones is 1. The summed E-state index contributed by atoms with van der Waals surface area (Å²) >= 11 is 9.68. The Labute approximate surface area is 228 Å². The molecule has 0 aromatic heterocycles. The largest absolute Gasteiger partial charge is 0.358 e. The Morgan fingerprint density at radius 1 is 1.03 bits per heavy atom. The predicted molar refractivity (Wildman–Crippen MR) is 151 cm³/mol. The number of dihydropyridines is 1. The van der Waals surface area contributed by atoms with E-state index in [0.29, 0.717) is 17.0 Å². The van der Waals surface area contributed by atoms with Crippen LogP contribution in [-0.4, -0.2) is 10.7 Å². The molecule has 37 heavy (non-hydrogen) atoms. The van der Waals surface area contributed by atoms with Gasteiger partial charge in [0, 0.05) is 50.1 Å². The van der Waals surface area contributed by atoms with Crippen LogP contribution in [0.1, 0.15) is 42.9 Å². The number of hydrogen-bond acceptors (Lipinski definition) is 4. The number of allylic oxidation sites excluding steroid dienone is 4. The number of nitrogens with one attached hydrogen (secondary N) is 1. The monoisotopic (exact) mass is 574 g/mol. The number of nitro groups is 1. The summed E-state index contributed by atoms with van der Waals surface area (Å²) in [5, 5.41) is 15.3. The Kier molecular flexibility index (Phi) is 6.65. The first kappa shape index (κ1) is 25.2. The van der Waals surface area contributed by atoms with E-state index in [0.717, 1.165) is 38.1 Å². The standard InChI is InChI=1S/C30H24BrClN2O3/c1-30(2)17-27-28(29(35)25(30)15-18-3-13-23(14-4-18)34(36)37)24(19-7-11-22(32)12-8-19)16-26(33-27)20-5-9-21(31)10-6-20/h3-16,24,33H,17H2,1-2H3/b25-15+. The number of non-ortho nitro benzene ring substituents is 1. The minimum atomic E-state index is -0.447. The molecule has 0 saturated heterocycles. The lowest BCUT2D eigenvalue weighted by atomic mass is 9.67. The molecular formula is C30H24BrClN2O3. The van der Waals surface area contributed by atoms with E-state index in [1.165, 1.54) is 12.1 Å². The molecule has 0 saturated carbocycles. The third kappa shape index (κ3) is 5.04. The summed E-state index contributed by atoms with van der Waals surface area (Å²) < 4.78 is 0.997. The van der Waals surface area contributed by atoms with Crippen molar-refractivity contribution >= 4 is 50.8 Å². The van der Waals surface area contributed by atoms with Crippen LogP contribution in [0.2, 0.25) is 5.02 Å². The first-order valence-electron chi connectivity index (χ1n) is 11.9. The molecule has 3 aromatic rings. The molecule has 186 valence electrons. The maximum atomic E-state index is 14.2. The second kappa shape index (κ2) is 9.77. The Morgan fingerprint density at radius 2 is 1.68 bits per heavy atom. The third-order valence-corrected chi connectivity index (χ3v) is 7.67. The van der Waals surface area contributed by atoms with E-state index in [1.54, 1.807) is 12.1 Å². The van der Waals surface area contributed by atoms with Crippen molar-refractivity contribution in [2.75, 3.05) is 0 Å². The molecule has 0 amide bonds. The number of Topliss-reactive ketones (excluding diaryl/α,β-unsaturated/α-hetero) is 1. The number of nitrogens with zero attached hydrogens (tertiary/aromatic N) is 1. The Balaban J connectivity index is 1.60. The van der Waals surface area contributed by atoms with Gasteiger partial charge in [-0.3, -0.25) is 14.9 Å². The Bertz CT molecular complexity index is 1490. The van der Waals surface area contributed by atoms with E-state index in [9.17, 15) is 14.9 Å². The highest BCUT2D eigenvalue weighted by molar-refractivity contribution is 9.10. The summed E-state index contributed by atoms with van der Waals surface area (Å²) in [5.74, 6) is -0.279. The highest BCUT2D eigenvalue weighted by Crippen LogP contribution is 2.48. The molecule has 0 bridgehead atoms. The average Bonchev–Trinajstić information content (AvgIpc) is 2.86. The van der Waals surface area contributed by atoms with Crippen molar-refractivity contribution in [2.24, 2.45) is 5.41 Å². The second-order valence-corrected chi connectivity index (χ2v) is 11.3. The van der Waals surface area contributed by atoms with Crippen LogP contribution >= 0.6 is 27.5 Å². The molecule has 1 unspecified atom stereocenters. The number of rotatable bonds is 4. The van der Waals surface area contributed by atoms with E-state index < -0.39 is 10.3 Å². The first-order chi connectivity index (χ1) is 17.6. The van der Waals surface area contributed by atoms with Crippen molar-refractivity contribution in [1.29, 1.82) is 0 Å². The topological polar surface area (TPSA) is 72.2 Å². The van der Waals surface area contributed by atoms with Gasteiger partial charge in [-0.1, -0.05) is 65.6 Å². The van der Waals surface area contributed by atoms with Crippen molar-refractivity contribution in [1.82, 2.24) is 5.32 Å². The van der Waals surface area contributed by atoms with Crippen molar-refractivity contribution in [3.63, 3.8) is 0 Å². The van der Waals surface area contributed by atoms with Crippen LogP contribution in [0.5, 0.6) is 0 Å². The normalized spacial score (nSPS) is 19.8. The van der Waals surface area contributed by atoms with Gasteiger partial charge in [-0.15, -0.1) is 0 Å². The summed E-state index contributed by atoms with van der Waals surface area (Å²) in [5.41, 5.74) is 5.61. The number of carbonyl (C=O) groups excluding carboxylic acids is 1. The SMILES string of the molecule is CC1(C)CC2=C(C(=O)/C1=C\c1ccc([N+](=O)[O-])cc1)C(c1ccc(Cl)cc1)C=C(c1ccc(Br)cc1)N2. The molecule has 1 atom stereocenters. The molecule has 1 aliphatic heterocycles. The van der Waals surface area contributed by atoms with Crippen LogP contribution < -0.4 is 5.32 Å². The molecule has 5 rings (SSSR count). The molecule has 0 fully saturated rings. The van der Waals surface area contributed by atoms with Gasteiger partial charge in [-0.05, 0) is 77.1 Å². The maximum absolute atomic E-state index is 14.2. The lowest BCUT2D eigenvalue weighted by Crippen LogP contribution is -2.37. The molecule has 1 aliphatic carbocycles. The lowest BCUT2D eigenvalue weighted by Gasteiger charge is -2.40. The lowest BCUT2D eigenvalue weighted by molar-refractivity contribution is -0.384. The van der Waals surface area contributed by atoms with E-state index in [-0.39, 0.29) is 17.4 Å². The van der Waals surface area contributed by atoms with Crippen LogP contribution in [0.15, 0.2) is 100 Å². The molecule has 1 heterocycles. The number of hydrogen-bond donors (Lipinski definition) is 1. The zero-order valence-corrected chi connectivity index (χ0v) is 22.6. The Morgan fingerprint density at radius 3 is 2.30 bits per heavy atom. The number of nitro benzene ring substituents is 1. The molecule has 0 radical (unpaired) electrons. The van der Waals surface area contributed by atoms with E-state index >= 15 is 0 Å². The van der Waals surface area contributed by atoms with Crippen molar-refractivity contribution in [3.8, 4) is 0 Å². The fourth-order valence-electron chi connectivity index (χ4n) is 4.97. The fraction of sp³-hybridized carbons (Fsp3) is 0.167. The van der Waals surface area contributed by atoms with Crippen LogP contribution in [0.4, 0.5) is 5.69 Å². The molecule has 1 N–H and O–H groups in total. The predicted octanol–water partition coefficient (Wildman–Crippen LogP) is 8.08. The van der Waals surface area contributed by atoms with Gasteiger partial charge in [-0.25, -0.2) is 0 Å². The number of benzene rings is 3. The van der Waals surface area contributed by atoms with Gasteiger partial charge in [0.15, 0.2) is 5.78 Å². The van der Waals surface area contributed by atoms with Crippen LogP contribution in [0.3, 0.4) is 0 Å². The van der Waals surface area contributed by atoms with Gasteiger partial charge in [0.05, 0.1) is 4.92 Å². The van der Waals surface area contributed by atoms with Crippen molar-refractivity contribution < 1.29 is 9.72 Å². The zero-order chi connectivity index (χ0) is 26.3. The van der Waals surface area contributed by atoms with Crippen molar-refractivity contribution in [2.45, 2.75) is 26.2 Å². The molecule has 3 aromatic carbocycles. The summed E-state index contributed by atoms with van der Waals surface area (Å²) in [6, 6.07) is 22.0. The Hall–Kier alpha value is -3.48. The molecule has 2 aliphatic rings. The van der Waals surface area contributed by atoms with E-state index in [4.69, 9.17) is 11.6 Å². The van der Waals surface area contributed by atoms with Crippen molar-refractivity contribution in [3.05, 3.63) is 132 Å². The minimum Gasteiger partial charge on any atom is -0.358 e. The second-order valence-electron chi connectivity index (χ2n) is 9.93. The molecule has 0 spiro atoms. The highest BCUT2D eigenvalue weighted by atomic mass is 79.9. The average molecular weight is 576 g/mol. The zero-order valence-electron chi connectivity index (χ0n) is 20.3. The minimum absolute atomic E-state index is 0.0197. The van der Waals surface area contributed by atoms with Gasteiger partial charge >= 0.3 is 0 Å².